The number of rotatable bonds is 6. The smallest absolute Gasteiger partial charge is 1.00 e. The molecule has 0 aromatic carbocycles. The van der Waals surface area contributed by atoms with E-state index < -0.39 is 0 Å². The van der Waals surface area contributed by atoms with Gasteiger partial charge in [0.1, 0.15) is 0 Å². The molecule has 0 fully saturated rings. The van der Waals surface area contributed by atoms with Crippen molar-refractivity contribution in [2.75, 3.05) is 0 Å². The summed E-state index contributed by atoms with van der Waals surface area (Å²) in [5.41, 5.74) is 4.80. The molecule has 0 nitrogen and oxygen atoms in total. The Morgan fingerprint density at radius 2 is 1.42 bits per heavy atom. The van der Waals surface area contributed by atoms with Gasteiger partial charge in [-0.3, -0.25) is 0 Å². The van der Waals surface area contributed by atoms with E-state index >= 15 is 0 Å². The quantitative estimate of drug-likeness (QED) is 0.676. The van der Waals surface area contributed by atoms with Crippen molar-refractivity contribution < 1.29 is 20.3 Å². The van der Waals surface area contributed by atoms with Crippen LogP contribution in [0.2, 0.25) is 0 Å². The van der Waals surface area contributed by atoms with Crippen LogP contribution in [0.5, 0.6) is 0 Å². The van der Waals surface area contributed by atoms with Gasteiger partial charge in [0.15, 0.2) is 0 Å². The van der Waals surface area contributed by atoms with Crippen LogP contribution in [-0.2, 0) is 19.3 Å². The van der Waals surface area contributed by atoms with E-state index in [4.69, 9.17) is 0 Å². The molecule has 1 aromatic heterocycles. The molecule has 1 rings (SSSR count). The molecule has 1 heterocycles. The second kappa shape index (κ2) is 9.04. The molecule has 0 aliphatic carbocycles. The Morgan fingerprint density at radius 1 is 0.895 bits per heavy atom. The third-order valence-electron chi connectivity index (χ3n) is 3.24. The third kappa shape index (κ3) is 6.83. The van der Waals surface area contributed by atoms with E-state index in [0.29, 0.717) is 0 Å². The van der Waals surface area contributed by atoms with E-state index in [1.54, 1.807) is 16.6 Å². The molecular formula is C17H30BLi. The van der Waals surface area contributed by atoms with Gasteiger partial charge in [0.05, 0.1) is 0 Å². The average Bonchev–Trinajstić information content (AvgIpc) is 2.20. The van der Waals surface area contributed by atoms with Gasteiger partial charge in [0.2, 0.25) is 0 Å². The second-order valence-corrected chi connectivity index (χ2v) is 6.85. The van der Waals surface area contributed by atoms with E-state index in [1.807, 2.05) is 0 Å². The summed E-state index contributed by atoms with van der Waals surface area (Å²) in [6, 6.07) is 2.33. The largest absolute Gasteiger partial charge is 1.00 e. The first-order valence-corrected chi connectivity index (χ1v) is 7.49. The summed E-state index contributed by atoms with van der Waals surface area (Å²) in [6.45, 7) is 16.2. The van der Waals surface area contributed by atoms with Crippen molar-refractivity contribution in [3.05, 3.63) is 28.6 Å². The fraction of sp³-hybridized carbons (Fsp3) is 0.706. The average molecular weight is 252 g/mol. The fourth-order valence-electron chi connectivity index (χ4n) is 2.62. The molecule has 0 amide bonds. The predicted octanol–water partition coefficient (Wildman–Crippen LogP) is 1.74. The molecule has 0 saturated heterocycles. The Labute approximate surface area is 134 Å². The van der Waals surface area contributed by atoms with Gasteiger partial charge in [-0.15, -0.1) is 0 Å². The van der Waals surface area contributed by atoms with Crippen LogP contribution in [-0.4, -0.2) is 6.91 Å². The maximum Gasteiger partial charge on any atom is 1.00 e. The molecule has 0 unspecified atom stereocenters. The van der Waals surface area contributed by atoms with Crippen molar-refractivity contribution in [2.24, 2.45) is 17.8 Å². The van der Waals surface area contributed by atoms with Crippen LogP contribution in [0.1, 0.15) is 59.6 Å². The van der Waals surface area contributed by atoms with Crippen LogP contribution in [0.3, 0.4) is 0 Å². The van der Waals surface area contributed by atoms with Crippen molar-refractivity contribution in [3.63, 3.8) is 0 Å². The van der Waals surface area contributed by atoms with Crippen LogP contribution >= 0.6 is 0 Å². The molecule has 0 N–H and O–H groups in total. The summed E-state index contributed by atoms with van der Waals surface area (Å²) in [6.07, 6.45) is 3.66. The van der Waals surface area contributed by atoms with E-state index in [1.165, 1.54) is 19.3 Å². The molecular weight excluding hydrogens is 222 g/mol. The summed E-state index contributed by atoms with van der Waals surface area (Å²) < 4.78 is 0. The molecule has 19 heavy (non-hydrogen) atoms. The molecule has 0 spiro atoms. The van der Waals surface area contributed by atoms with Gasteiger partial charge in [-0.05, 0) is 0 Å². The first-order chi connectivity index (χ1) is 8.40. The zero-order valence-corrected chi connectivity index (χ0v) is 14.1. The summed E-state index contributed by atoms with van der Waals surface area (Å²) in [4.78, 5) is 0. The molecule has 1 aromatic rings. The van der Waals surface area contributed by atoms with Gasteiger partial charge >= 0.3 is 133 Å². The van der Waals surface area contributed by atoms with Gasteiger partial charge in [-0.2, -0.15) is 0 Å². The van der Waals surface area contributed by atoms with Gasteiger partial charge in [-0.1, -0.05) is 0 Å². The Hall–Kier alpha value is 0.0123. The van der Waals surface area contributed by atoms with E-state index in [0.717, 1.165) is 17.8 Å². The maximum absolute atomic E-state index is 2.33. The van der Waals surface area contributed by atoms with Crippen LogP contribution < -0.4 is 18.9 Å². The predicted molar refractivity (Wildman–Crippen MR) is 84.5 cm³/mol. The molecule has 0 atom stereocenters. The summed E-state index contributed by atoms with van der Waals surface area (Å²) in [5, 5.41) is 0. The van der Waals surface area contributed by atoms with Crippen molar-refractivity contribution >= 4 is 6.91 Å². The van der Waals surface area contributed by atoms with Crippen LogP contribution in [0, 0.1) is 17.8 Å². The van der Waals surface area contributed by atoms with E-state index in [2.05, 4.69) is 60.5 Å². The van der Waals surface area contributed by atoms with Crippen molar-refractivity contribution in [3.8, 4) is 0 Å². The van der Waals surface area contributed by atoms with Crippen molar-refractivity contribution in [1.29, 1.82) is 0 Å². The van der Waals surface area contributed by atoms with Gasteiger partial charge < -0.3 is 1.43 Å². The normalized spacial score (nSPS) is 11.0. The molecule has 2 heteroatoms. The maximum atomic E-state index is 2.33. The standard InChI is InChI=1S/C17H29B.Li.H/c1-12(2)9-15-7-8-18-17(11-14(5)6)16(15)10-13(3)4;;/h7-8,12-14H,9-11H2,1-6H3;;/q;+1;-1. The first-order valence-electron chi connectivity index (χ1n) is 7.49. The number of hydrogen-bond donors (Lipinski definition) is 0. The Bertz CT molecular complexity index is 347. The Morgan fingerprint density at radius 3 is 1.89 bits per heavy atom. The summed E-state index contributed by atoms with van der Waals surface area (Å²) >= 11 is 0. The molecule has 0 aliphatic rings. The van der Waals surface area contributed by atoms with Gasteiger partial charge in [0.25, 0.3) is 0 Å². The van der Waals surface area contributed by atoms with Crippen LogP contribution in [0.4, 0.5) is 0 Å². The van der Waals surface area contributed by atoms with Crippen LogP contribution in [0.25, 0.3) is 0 Å². The topological polar surface area (TPSA) is 0 Å². The first kappa shape index (κ1) is 19.0. The molecule has 102 valence electrons. The minimum Gasteiger partial charge on any atom is -1.00 e. The van der Waals surface area contributed by atoms with Crippen molar-refractivity contribution in [1.82, 2.24) is 0 Å². The molecule has 0 bridgehead atoms. The Balaban J connectivity index is 0. The zero-order chi connectivity index (χ0) is 13.7. The minimum atomic E-state index is 0. The number of hydrogen-bond acceptors (Lipinski definition) is 0. The molecule has 0 radical (unpaired) electrons. The molecule has 0 saturated carbocycles. The SMILES string of the molecule is CC(C)Cc1bccc(CC(C)C)c1CC(C)C.[H-].[Li+]. The third-order valence-corrected chi connectivity index (χ3v) is 3.24. The van der Waals surface area contributed by atoms with Gasteiger partial charge in [0, 0.05) is 0 Å². The van der Waals surface area contributed by atoms with Gasteiger partial charge in [-0.25, -0.2) is 0 Å². The van der Waals surface area contributed by atoms with Crippen molar-refractivity contribution in [2.45, 2.75) is 60.8 Å². The minimum absolute atomic E-state index is 0. The van der Waals surface area contributed by atoms with Crippen LogP contribution in [0.15, 0.2) is 12.0 Å². The second-order valence-electron chi connectivity index (χ2n) is 6.85. The summed E-state index contributed by atoms with van der Waals surface area (Å²) in [7, 11) is 0. The monoisotopic (exact) mass is 252 g/mol. The Kier molecular flexibility index (Phi) is 9.05. The summed E-state index contributed by atoms with van der Waals surface area (Å²) in [5.74, 6) is 4.47. The molecule has 0 aliphatic heterocycles. The zero-order valence-electron chi connectivity index (χ0n) is 15.1. The van der Waals surface area contributed by atoms with E-state index in [9.17, 15) is 0 Å². The van der Waals surface area contributed by atoms with E-state index in [-0.39, 0.29) is 20.3 Å². The fourth-order valence-corrected chi connectivity index (χ4v) is 2.62.